The van der Waals surface area contributed by atoms with E-state index in [4.69, 9.17) is 29.3 Å². The lowest BCUT2D eigenvalue weighted by Gasteiger charge is -2.31. The van der Waals surface area contributed by atoms with Gasteiger partial charge < -0.3 is 0 Å². The fraction of sp³-hybridized carbons (Fsp3) is 1.00. The molecule has 0 aliphatic heterocycles. The third-order valence-electron chi connectivity index (χ3n) is 2.98. The molecule has 6 nitrogen and oxygen atoms in total. The van der Waals surface area contributed by atoms with Crippen LogP contribution in [0, 0.1) is 0 Å². The van der Waals surface area contributed by atoms with E-state index < -0.39 is 11.2 Å². The van der Waals surface area contributed by atoms with Gasteiger partial charge in [-0.15, -0.1) is 0 Å². The summed E-state index contributed by atoms with van der Waals surface area (Å²) in [4.78, 5) is 33.0. The van der Waals surface area contributed by atoms with Gasteiger partial charge in [-0.2, -0.15) is 0 Å². The summed E-state index contributed by atoms with van der Waals surface area (Å²) >= 11 is 0. The average Bonchev–Trinajstić information content (AvgIpc) is 2.39. The van der Waals surface area contributed by atoms with Crippen molar-refractivity contribution in [1.82, 2.24) is 0 Å². The summed E-state index contributed by atoms with van der Waals surface area (Å²) in [7, 11) is 0. The molecule has 2 unspecified atom stereocenters. The average molecular weight is 379 g/mol. The van der Waals surface area contributed by atoms with Crippen molar-refractivity contribution < 1.29 is 29.3 Å². The number of hydrogen-bond donors (Lipinski definition) is 0. The SMILES string of the molecule is CC(CC(C)(C)OOC(C)(C)C)OOC(C)CC(C)(C)OOC(C)(C)C. The summed E-state index contributed by atoms with van der Waals surface area (Å²) in [5.41, 5.74) is -1.68. The highest BCUT2D eigenvalue weighted by atomic mass is 17.2. The first-order valence-corrected chi connectivity index (χ1v) is 9.47. The van der Waals surface area contributed by atoms with Gasteiger partial charge in [0.1, 0.15) is 11.2 Å². The summed E-state index contributed by atoms with van der Waals surface area (Å²) in [6, 6.07) is 0. The standard InChI is InChI=1S/C20H42O6/c1-15(13-19(9,10)25-23-17(3,4)5)21-22-16(2)14-20(11,12)26-24-18(6,7)8/h15-16H,13-14H2,1-12H3. The first-order chi connectivity index (χ1) is 11.4. The molecule has 0 aromatic rings. The Morgan fingerprint density at radius 3 is 1.00 bits per heavy atom. The highest BCUT2D eigenvalue weighted by Crippen LogP contribution is 2.24. The fourth-order valence-corrected chi connectivity index (χ4v) is 2.19. The van der Waals surface area contributed by atoms with Crippen molar-refractivity contribution >= 4 is 0 Å². The topological polar surface area (TPSA) is 55.4 Å². The van der Waals surface area contributed by atoms with Crippen LogP contribution in [0.15, 0.2) is 0 Å². The minimum absolute atomic E-state index is 0.147. The van der Waals surface area contributed by atoms with E-state index in [9.17, 15) is 0 Å². The lowest BCUT2D eigenvalue weighted by molar-refractivity contribution is -0.417. The second-order valence-corrected chi connectivity index (χ2v) is 10.3. The lowest BCUT2D eigenvalue weighted by Crippen LogP contribution is -2.36. The zero-order valence-electron chi connectivity index (χ0n) is 19.0. The zero-order valence-corrected chi connectivity index (χ0v) is 19.0. The molecule has 0 bridgehead atoms. The molecule has 0 heterocycles. The molecule has 0 N–H and O–H groups in total. The molecule has 0 saturated carbocycles. The largest absolute Gasteiger partial charge is 0.233 e. The van der Waals surface area contributed by atoms with Crippen LogP contribution in [0.3, 0.4) is 0 Å². The van der Waals surface area contributed by atoms with Crippen LogP contribution >= 0.6 is 0 Å². The van der Waals surface area contributed by atoms with Crippen molar-refractivity contribution in [3.63, 3.8) is 0 Å². The van der Waals surface area contributed by atoms with Crippen molar-refractivity contribution in [3.05, 3.63) is 0 Å². The maximum absolute atomic E-state index is 5.54. The van der Waals surface area contributed by atoms with Crippen molar-refractivity contribution in [2.75, 3.05) is 0 Å². The second-order valence-electron chi connectivity index (χ2n) is 10.3. The van der Waals surface area contributed by atoms with Crippen LogP contribution in [0.2, 0.25) is 0 Å². The van der Waals surface area contributed by atoms with E-state index in [1.165, 1.54) is 0 Å². The van der Waals surface area contributed by atoms with Crippen LogP contribution in [-0.4, -0.2) is 34.6 Å². The van der Waals surface area contributed by atoms with E-state index >= 15 is 0 Å². The molecule has 0 amide bonds. The molecular formula is C20H42O6. The fourth-order valence-electron chi connectivity index (χ4n) is 2.19. The van der Waals surface area contributed by atoms with Crippen molar-refractivity contribution in [3.8, 4) is 0 Å². The zero-order chi connectivity index (χ0) is 20.8. The maximum atomic E-state index is 5.54. The Hall–Kier alpha value is -0.240. The van der Waals surface area contributed by atoms with Crippen LogP contribution in [0.1, 0.15) is 95.9 Å². The smallest absolute Gasteiger partial charge is 0.101 e. The van der Waals surface area contributed by atoms with E-state index in [1.807, 2.05) is 83.1 Å². The highest BCUT2D eigenvalue weighted by Gasteiger charge is 2.29. The monoisotopic (exact) mass is 378 g/mol. The van der Waals surface area contributed by atoms with Crippen molar-refractivity contribution in [2.45, 2.75) is 131 Å². The van der Waals surface area contributed by atoms with Gasteiger partial charge in [0.05, 0.1) is 23.4 Å². The van der Waals surface area contributed by atoms with E-state index in [0.717, 1.165) is 0 Å². The van der Waals surface area contributed by atoms with E-state index in [-0.39, 0.29) is 23.4 Å². The Morgan fingerprint density at radius 1 is 0.500 bits per heavy atom. The van der Waals surface area contributed by atoms with Crippen molar-refractivity contribution in [1.29, 1.82) is 0 Å². The summed E-state index contributed by atoms with van der Waals surface area (Å²) in [6.45, 7) is 23.4. The molecule has 0 aromatic carbocycles. The summed E-state index contributed by atoms with van der Waals surface area (Å²) in [5, 5.41) is 0. The molecular weight excluding hydrogens is 336 g/mol. The van der Waals surface area contributed by atoms with Gasteiger partial charge in [-0.05, 0) is 83.1 Å². The summed E-state index contributed by atoms with van der Waals surface area (Å²) < 4.78 is 0. The second kappa shape index (κ2) is 9.80. The first kappa shape index (κ1) is 25.8. The lowest BCUT2D eigenvalue weighted by atomic mass is 10.0. The molecule has 0 rings (SSSR count). The Bertz CT molecular complexity index is 354. The van der Waals surface area contributed by atoms with Crippen LogP contribution < -0.4 is 0 Å². The van der Waals surface area contributed by atoms with E-state index in [1.54, 1.807) is 0 Å². The Labute approximate surface area is 160 Å². The normalized spacial score (nSPS) is 16.6. The van der Waals surface area contributed by atoms with Crippen LogP contribution in [0.4, 0.5) is 0 Å². The third-order valence-corrected chi connectivity index (χ3v) is 2.98. The Balaban J connectivity index is 4.26. The first-order valence-electron chi connectivity index (χ1n) is 9.47. The molecule has 0 radical (unpaired) electrons. The van der Waals surface area contributed by atoms with Gasteiger partial charge in [0.2, 0.25) is 0 Å². The minimum Gasteiger partial charge on any atom is -0.233 e. The van der Waals surface area contributed by atoms with Gasteiger partial charge in [0, 0.05) is 12.8 Å². The van der Waals surface area contributed by atoms with Crippen LogP contribution in [0.5, 0.6) is 0 Å². The molecule has 0 aliphatic carbocycles. The molecule has 26 heavy (non-hydrogen) atoms. The molecule has 6 heteroatoms. The molecule has 0 spiro atoms. The minimum atomic E-state index is -0.484. The predicted molar refractivity (Wildman–Crippen MR) is 102 cm³/mol. The van der Waals surface area contributed by atoms with Crippen molar-refractivity contribution in [2.24, 2.45) is 0 Å². The Kier molecular flexibility index (Phi) is 9.71. The number of rotatable bonds is 11. The van der Waals surface area contributed by atoms with Crippen LogP contribution in [-0.2, 0) is 29.3 Å². The Morgan fingerprint density at radius 2 is 0.769 bits per heavy atom. The van der Waals surface area contributed by atoms with Gasteiger partial charge in [-0.1, -0.05) is 0 Å². The summed E-state index contributed by atoms with van der Waals surface area (Å²) in [6.07, 6.45) is 0.961. The number of hydrogen-bond acceptors (Lipinski definition) is 6. The summed E-state index contributed by atoms with van der Waals surface area (Å²) in [5.74, 6) is 0. The van der Waals surface area contributed by atoms with E-state index in [0.29, 0.717) is 12.8 Å². The van der Waals surface area contributed by atoms with Gasteiger partial charge >= 0.3 is 0 Å². The van der Waals surface area contributed by atoms with Gasteiger partial charge in [-0.25, -0.2) is 29.3 Å². The maximum Gasteiger partial charge on any atom is 0.101 e. The third kappa shape index (κ3) is 14.9. The highest BCUT2D eigenvalue weighted by molar-refractivity contribution is 4.72. The quantitative estimate of drug-likeness (QED) is 0.347. The molecule has 0 aromatic heterocycles. The predicted octanol–water partition coefficient (Wildman–Crippen LogP) is 5.54. The molecule has 0 fully saturated rings. The van der Waals surface area contributed by atoms with Gasteiger partial charge in [-0.3, -0.25) is 0 Å². The van der Waals surface area contributed by atoms with Gasteiger partial charge in [0.25, 0.3) is 0 Å². The molecule has 0 saturated heterocycles. The van der Waals surface area contributed by atoms with Crippen LogP contribution in [0.25, 0.3) is 0 Å². The van der Waals surface area contributed by atoms with Gasteiger partial charge in [0.15, 0.2) is 0 Å². The molecule has 2 atom stereocenters. The molecule has 0 aliphatic rings. The molecule has 158 valence electrons. The van der Waals surface area contributed by atoms with E-state index in [2.05, 4.69) is 0 Å².